The zero-order chi connectivity index (χ0) is 8.10. The van der Waals surface area contributed by atoms with E-state index in [0.29, 0.717) is 12.5 Å². The van der Waals surface area contributed by atoms with Crippen molar-refractivity contribution in [2.75, 3.05) is 26.2 Å². The van der Waals surface area contributed by atoms with Crippen LogP contribution in [-0.2, 0) is 0 Å². The van der Waals surface area contributed by atoms with Crippen molar-refractivity contribution in [2.24, 2.45) is 11.1 Å². The van der Waals surface area contributed by atoms with Gasteiger partial charge in [0.05, 0.1) is 6.54 Å². The molecule has 1 aliphatic rings. The summed E-state index contributed by atoms with van der Waals surface area (Å²) in [5.74, 6) is 0.529. The Morgan fingerprint density at radius 1 is 1.64 bits per heavy atom. The molecular weight excluding hydrogens is 140 g/mol. The van der Waals surface area contributed by atoms with Crippen molar-refractivity contribution in [3.05, 3.63) is 4.91 Å². The van der Waals surface area contributed by atoms with Gasteiger partial charge in [-0.3, -0.25) is 0 Å². The van der Waals surface area contributed by atoms with Crippen molar-refractivity contribution in [3.63, 3.8) is 0 Å². The third-order valence-electron chi connectivity index (χ3n) is 2.38. The first-order valence-corrected chi connectivity index (χ1v) is 4.38. The van der Waals surface area contributed by atoms with Gasteiger partial charge in [-0.05, 0) is 31.8 Å². The molecule has 11 heavy (non-hydrogen) atoms. The SMILES string of the molecule is CCN1CCCC(CN=O)C1. The second kappa shape index (κ2) is 4.44. The summed E-state index contributed by atoms with van der Waals surface area (Å²) in [5.41, 5.74) is 0. The van der Waals surface area contributed by atoms with Crippen LogP contribution in [0.5, 0.6) is 0 Å². The molecule has 3 heteroatoms. The maximum absolute atomic E-state index is 10.00. The number of hydrogen-bond donors (Lipinski definition) is 0. The van der Waals surface area contributed by atoms with Crippen LogP contribution in [0.25, 0.3) is 0 Å². The van der Waals surface area contributed by atoms with Crippen LogP contribution in [0.1, 0.15) is 19.8 Å². The van der Waals surface area contributed by atoms with Crippen molar-refractivity contribution >= 4 is 0 Å². The first-order chi connectivity index (χ1) is 5.36. The number of piperidine rings is 1. The molecular formula is C8H16N2O. The van der Waals surface area contributed by atoms with E-state index in [1.807, 2.05) is 0 Å². The molecule has 1 rings (SSSR count). The minimum atomic E-state index is 0.510. The molecule has 0 aromatic heterocycles. The van der Waals surface area contributed by atoms with Crippen molar-refractivity contribution in [1.29, 1.82) is 0 Å². The molecule has 0 N–H and O–H groups in total. The Morgan fingerprint density at radius 3 is 3.09 bits per heavy atom. The Bertz CT molecular complexity index is 127. The van der Waals surface area contributed by atoms with E-state index in [2.05, 4.69) is 17.0 Å². The lowest BCUT2D eigenvalue weighted by atomic mass is 9.98. The van der Waals surface area contributed by atoms with Gasteiger partial charge in [0.2, 0.25) is 0 Å². The van der Waals surface area contributed by atoms with E-state index in [1.165, 1.54) is 19.4 Å². The minimum absolute atomic E-state index is 0.510. The van der Waals surface area contributed by atoms with Gasteiger partial charge in [-0.2, -0.15) is 4.91 Å². The maximum Gasteiger partial charge on any atom is 0.0851 e. The van der Waals surface area contributed by atoms with Crippen molar-refractivity contribution in [1.82, 2.24) is 4.90 Å². The molecule has 0 spiro atoms. The van der Waals surface area contributed by atoms with Crippen LogP contribution in [0.15, 0.2) is 5.18 Å². The molecule has 0 amide bonds. The highest BCUT2D eigenvalue weighted by Gasteiger charge is 2.18. The van der Waals surface area contributed by atoms with Gasteiger partial charge in [-0.1, -0.05) is 12.1 Å². The van der Waals surface area contributed by atoms with Gasteiger partial charge in [0.15, 0.2) is 0 Å². The molecule has 0 radical (unpaired) electrons. The number of nitrogens with zero attached hydrogens (tertiary/aromatic N) is 2. The van der Waals surface area contributed by atoms with Crippen LogP contribution in [-0.4, -0.2) is 31.1 Å². The average Bonchev–Trinajstić information content (AvgIpc) is 2.06. The van der Waals surface area contributed by atoms with Crippen LogP contribution < -0.4 is 0 Å². The second-order valence-corrected chi connectivity index (χ2v) is 3.21. The lowest BCUT2D eigenvalue weighted by molar-refractivity contribution is 0.186. The van der Waals surface area contributed by atoms with Gasteiger partial charge in [0, 0.05) is 6.54 Å². The molecule has 1 atom stereocenters. The van der Waals surface area contributed by atoms with Crippen molar-refractivity contribution < 1.29 is 0 Å². The molecule has 1 aliphatic heterocycles. The molecule has 0 aliphatic carbocycles. The normalized spacial score (nSPS) is 26.8. The van der Waals surface area contributed by atoms with E-state index in [4.69, 9.17) is 0 Å². The van der Waals surface area contributed by atoms with Crippen molar-refractivity contribution in [2.45, 2.75) is 19.8 Å². The molecule has 1 saturated heterocycles. The fourth-order valence-electron chi connectivity index (χ4n) is 1.69. The molecule has 0 aromatic carbocycles. The Labute approximate surface area is 67.7 Å². The van der Waals surface area contributed by atoms with E-state index < -0.39 is 0 Å². The molecule has 1 heterocycles. The van der Waals surface area contributed by atoms with Gasteiger partial charge in [0.1, 0.15) is 0 Å². The third-order valence-corrected chi connectivity index (χ3v) is 2.38. The summed E-state index contributed by atoms with van der Waals surface area (Å²) in [4.78, 5) is 12.4. The van der Waals surface area contributed by atoms with Crippen LogP contribution in [0.2, 0.25) is 0 Å². The average molecular weight is 156 g/mol. The second-order valence-electron chi connectivity index (χ2n) is 3.21. The predicted octanol–water partition coefficient (Wildman–Crippen LogP) is 1.48. The topological polar surface area (TPSA) is 32.7 Å². The summed E-state index contributed by atoms with van der Waals surface area (Å²) in [6, 6.07) is 0. The summed E-state index contributed by atoms with van der Waals surface area (Å²) < 4.78 is 0. The monoisotopic (exact) mass is 156 g/mol. The summed E-state index contributed by atoms with van der Waals surface area (Å²) >= 11 is 0. The van der Waals surface area contributed by atoms with Crippen LogP contribution >= 0.6 is 0 Å². The van der Waals surface area contributed by atoms with Gasteiger partial charge in [-0.15, -0.1) is 0 Å². The summed E-state index contributed by atoms with van der Waals surface area (Å²) in [6.07, 6.45) is 2.41. The number of likely N-dealkylation sites (tertiary alicyclic amines) is 1. The van der Waals surface area contributed by atoms with E-state index in [0.717, 1.165) is 13.1 Å². The predicted molar refractivity (Wildman–Crippen MR) is 45.5 cm³/mol. The lowest BCUT2D eigenvalue weighted by Crippen LogP contribution is -2.36. The first kappa shape index (κ1) is 8.65. The first-order valence-electron chi connectivity index (χ1n) is 4.38. The Kier molecular flexibility index (Phi) is 3.49. The minimum Gasteiger partial charge on any atom is -0.303 e. The molecule has 1 fully saturated rings. The third kappa shape index (κ3) is 2.58. The van der Waals surface area contributed by atoms with Gasteiger partial charge in [-0.25, -0.2) is 0 Å². The smallest absolute Gasteiger partial charge is 0.0851 e. The lowest BCUT2D eigenvalue weighted by Gasteiger charge is -2.30. The highest BCUT2D eigenvalue weighted by molar-refractivity contribution is 4.73. The maximum atomic E-state index is 10.00. The molecule has 3 nitrogen and oxygen atoms in total. The summed E-state index contributed by atoms with van der Waals surface area (Å²) in [6.45, 7) is 6.05. The Hall–Kier alpha value is -0.440. The standard InChI is InChI=1S/C8H16N2O/c1-2-10-5-3-4-8(7-10)6-9-11/h8H,2-7H2,1H3. The van der Waals surface area contributed by atoms with Gasteiger partial charge < -0.3 is 4.90 Å². The highest BCUT2D eigenvalue weighted by Crippen LogP contribution is 2.15. The number of rotatable bonds is 3. The largest absolute Gasteiger partial charge is 0.303 e. The number of nitroso groups, excluding NO2 is 1. The van der Waals surface area contributed by atoms with Gasteiger partial charge >= 0.3 is 0 Å². The fourth-order valence-corrected chi connectivity index (χ4v) is 1.69. The zero-order valence-electron chi connectivity index (χ0n) is 7.12. The van der Waals surface area contributed by atoms with E-state index in [9.17, 15) is 4.91 Å². The Balaban J connectivity index is 2.27. The summed E-state index contributed by atoms with van der Waals surface area (Å²) in [5, 5.41) is 2.95. The van der Waals surface area contributed by atoms with E-state index in [-0.39, 0.29) is 0 Å². The number of hydrogen-bond acceptors (Lipinski definition) is 3. The van der Waals surface area contributed by atoms with Crippen LogP contribution in [0, 0.1) is 10.8 Å². The molecule has 64 valence electrons. The van der Waals surface area contributed by atoms with Gasteiger partial charge in [0.25, 0.3) is 0 Å². The molecule has 0 aromatic rings. The molecule has 0 saturated carbocycles. The Morgan fingerprint density at radius 2 is 2.45 bits per heavy atom. The highest BCUT2D eigenvalue weighted by atomic mass is 16.3. The van der Waals surface area contributed by atoms with E-state index in [1.54, 1.807) is 0 Å². The molecule has 1 unspecified atom stereocenters. The molecule has 0 bridgehead atoms. The van der Waals surface area contributed by atoms with Crippen LogP contribution in [0.3, 0.4) is 0 Å². The summed E-state index contributed by atoms with van der Waals surface area (Å²) in [7, 11) is 0. The van der Waals surface area contributed by atoms with Crippen molar-refractivity contribution in [3.8, 4) is 0 Å². The quantitative estimate of drug-likeness (QED) is 0.580. The van der Waals surface area contributed by atoms with E-state index >= 15 is 0 Å². The zero-order valence-corrected chi connectivity index (χ0v) is 7.12. The fraction of sp³-hybridized carbons (Fsp3) is 1.00. The van der Waals surface area contributed by atoms with Crippen LogP contribution in [0.4, 0.5) is 0 Å².